The lowest BCUT2D eigenvalue weighted by atomic mass is 9.93. The second-order valence-corrected chi connectivity index (χ2v) is 4.13. The van der Waals surface area contributed by atoms with Crippen molar-refractivity contribution in [3.63, 3.8) is 0 Å². The molecule has 0 aromatic carbocycles. The highest BCUT2D eigenvalue weighted by atomic mass is 14.5. The molecule has 0 spiro atoms. The first-order valence-corrected chi connectivity index (χ1v) is 4.92. The van der Waals surface area contributed by atoms with Crippen molar-refractivity contribution in [1.29, 1.82) is 0 Å². The number of hydrogen-bond acceptors (Lipinski definition) is 0. The minimum atomic E-state index is 1.16. The first-order chi connectivity index (χ1) is 4.92. The van der Waals surface area contributed by atoms with Gasteiger partial charge in [-0.1, -0.05) is 19.8 Å². The van der Waals surface area contributed by atoms with Crippen molar-refractivity contribution in [3.05, 3.63) is 0 Å². The molecule has 0 N–H and O–H groups in total. The normalized spacial score (nSPS) is 44.7. The molecule has 0 unspecified atom stereocenters. The molecular formula is C10H18. The summed E-state index contributed by atoms with van der Waals surface area (Å²) < 4.78 is 0. The molecule has 0 heterocycles. The first kappa shape index (κ1) is 6.69. The average molecular weight is 138 g/mol. The zero-order chi connectivity index (χ0) is 6.97. The molecule has 0 aromatic rings. The molecule has 0 saturated heterocycles. The Labute approximate surface area is 64.0 Å². The number of rotatable bonds is 2. The fourth-order valence-electron chi connectivity index (χ4n) is 3.19. The summed E-state index contributed by atoms with van der Waals surface area (Å²) in [5.74, 6) is 3.47. The Bertz CT molecular complexity index is 97.2. The Hall–Kier alpha value is 0. The molecule has 10 heavy (non-hydrogen) atoms. The van der Waals surface area contributed by atoms with Crippen molar-refractivity contribution in [3.8, 4) is 0 Å². The molecule has 2 fully saturated rings. The zero-order valence-corrected chi connectivity index (χ0v) is 6.97. The van der Waals surface area contributed by atoms with Crippen LogP contribution in [0.1, 0.15) is 45.4 Å². The highest BCUT2D eigenvalue weighted by Crippen LogP contribution is 2.50. The van der Waals surface area contributed by atoms with Gasteiger partial charge in [0.2, 0.25) is 0 Å². The van der Waals surface area contributed by atoms with Crippen LogP contribution in [0.3, 0.4) is 0 Å². The molecule has 0 atom stereocenters. The van der Waals surface area contributed by atoms with Gasteiger partial charge in [-0.05, 0) is 43.4 Å². The fraction of sp³-hybridized carbons (Fsp3) is 1.00. The lowest BCUT2D eigenvalue weighted by Crippen LogP contribution is -2.04. The Morgan fingerprint density at radius 1 is 1.00 bits per heavy atom. The highest BCUT2D eigenvalue weighted by Gasteiger charge is 2.40. The van der Waals surface area contributed by atoms with E-state index in [0.29, 0.717) is 0 Å². The molecule has 0 aliphatic heterocycles. The van der Waals surface area contributed by atoms with E-state index < -0.39 is 0 Å². The van der Waals surface area contributed by atoms with Gasteiger partial charge in [0.25, 0.3) is 0 Å². The monoisotopic (exact) mass is 138 g/mol. The van der Waals surface area contributed by atoms with Crippen molar-refractivity contribution < 1.29 is 0 Å². The van der Waals surface area contributed by atoms with Crippen molar-refractivity contribution in [2.24, 2.45) is 17.8 Å². The number of fused-ring (bicyclic) bond motifs is 2. The van der Waals surface area contributed by atoms with Gasteiger partial charge in [0.15, 0.2) is 0 Å². The third kappa shape index (κ3) is 0.889. The lowest BCUT2D eigenvalue weighted by molar-refractivity contribution is 0.373. The molecule has 2 saturated carbocycles. The predicted octanol–water partition coefficient (Wildman–Crippen LogP) is 3.22. The van der Waals surface area contributed by atoms with Gasteiger partial charge in [-0.15, -0.1) is 0 Å². The molecule has 2 aliphatic carbocycles. The quantitative estimate of drug-likeness (QED) is 0.549. The fourth-order valence-corrected chi connectivity index (χ4v) is 3.19. The maximum atomic E-state index is 2.33. The van der Waals surface area contributed by atoms with Crippen LogP contribution in [0.5, 0.6) is 0 Å². The van der Waals surface area contributed by atoms with E-state index >= 15 is 0 Å². The zero-order valence-electron chi connectivity index (χ0n) is 6.97. The van der Waals surface area contributed by atoms with Crippen LogP contribution in [0.2, 0.25) is 0 Å². The van der Waals surface area contributed by atoms with E-state index in [-0.39, 0.29) is 0 Å². The van der Waals surface area contributed by atoms with Crippen LogP contribution >= 0.6 is 0 Å². The summed E-state index contributed by atoms with van der Waals surface area (Å²) in [6.45, 7) is 2.33. The third-order valence-electron chi connectivity index (χ3n) is 3.65. The molecule has 58 valence electrons. The highest BCUT2D eigenvalue weighted by molar-refractivity contribution is 4.90. The Balaban J connectivity index is 1.96. The van der Waals surface area contributed by atoms with Gasteiger partial charge in [-0.3, -0.25) is 0 Å². The Morgan fingerprint density at radius 3 is 1.90 bits per heavy atom. The summed E-state index contributed by atoms with van der Waals surface area (Å²) in [6, 6.07) is 0. The van der Waals surface area contributed by atoms with E-state index in [2.05, 4.69) is 6.92 Å². The van der Waals surface area contributed by atoms with Crippen LogP contribution in [-0.2, 0) is 0 Å². The van der Waals surface area contributed by atoms with Crippen molar-refractivity contribution >= 4 is 0 Å². The minimum Gasteiger partial charge on any atom is -0.0654 e. The first-order valence-electron chi connectivity index (χ1n) is 4.92. The SMILES string of the molecule is CCCC1C2CCC1CC2. The van der Waals surface area contributed by atoms with Crippen LogP contribution in [-0.4, -0.2) is 0 Å². The minimum absolute atomic E-state index is 1.16. The molecule has 0 nitrogen and oxygen atoms in total. The lowest BCUT2D eigenvalue weighted by Gasteiger charge is -2.12. The van der Waals surface area contributed by atoms with Crippen LogP contribution < -0.4 is 0 Å². The molecule has 0 amide bonds. The standard InChI is InChI=1S/C10H18/c1-2-3-10-8-4-5-9(10)7-6-8/h8-10H,2-7H2,1H3. The largest absolute Gasteiger partial charge is 0.0654 e. The Morgan fingerprint density at radius 2 is 1.50 bits per heavy atom. The third-order valence-corrected chi connectivity index (χ3v) is 3.65. The van der Waals surface area contributed by atoms with Crippen LogP contribution in [0.25, 0.3) is 0 Å². The second-order valence-electron chi connectivity index (χ2n) is 4.13. The van der Waals surface area contributed by atoms with E-state index in [9.17, 15) is 0 Å². The van der Waals surface area contributed by atoms with Crippen LogP contribution in [0, 0.1) is 17.8 Å². The maximum Gasteiger partial charge on any atom is -0.0358 e. The molecular weight excluding hydrogens is 120 g/mol. The summed E-state index contributed by atoms with van der Waals surface area (Å²) in [7, 11) is 0. The van der Waals surface area contributed by atoms with E-state index in [1.165, 1.54) is 12.8 Å². The summed E-state index contributed by atoms with van der Waals surface area (Å²) in [5.41, 5.74) is 0. The van der Waals surface area contributed by atoms with Crippen LogP contribution in [0.15, 0.2) is 0 Å². The summed E-state index contributed by atoms with van der Waals surface area (Å²) >= 11 is 0. The molecule has 2 bridgehead atoms. The van der Waals surface area contributed by atoms with Gasteiger partial charge in [-0.2, -0.15) is 0 Å². The smallest absolute Gasteiger partial charge is 0.0358 e. The van der Waals surface area contributed by atoms with Gasteiger partial charge < -0.3 is 0 Å². The maximum absolute atomic E-state index is 2.33. The van der Waals surface area contributed by atoms with E-state index in [0.717, 1.165) is 17.8 Å². The van der Waals surface area contributed by atoms with Crippen molar-refractivity contribution in [1.82, 2.24) is 0 Å². The van der Waals surface area contributed by atoms with Gasteiger partial charge >= 0.3 is 0 Å². The average Bonchev–Trinajstić information content (AvgIpc) is 2.50. The van der Waals surface area contributed by atoms with E-state index in [4.69, 9.17) is 0 Å². The van der Waals surface area contributed by atoms with E-state index in [1.54, 1.807) is 25.7 Å². The Kier molecular flexibility index (Phi) is 1.71. The number of hydrogen-bond donors (Lipinski definition) is 0. The van der Waals surface area contributed by atoms with Gasteiger partial charge in [-0.25, -0.2) is 0 Å². The molecule has 0 radical (unpaired) electrons. The topological polar surface area (TPSA) is 0 Å². The van der Waals surface area contributed by atoms with Gasteiger partial charge in [0.1, 0.15) is 0 Å². The second kappa shape index (κ2) is 2.56. The van der Waals surface area contributed by atoms with Crippen LogP contribution in [0.4, 0.5) is 0 Å². The summed E-state index contributed by atoms with van der Waals surface area (Å²) in [5, 5.41) is 0. The van der Waals surface area contributed by atoms with Gasteiger partial charge in [0.05, 0.1) is 0 Å². The predicted molar refractivity (Wildman–Crippen MR) is 43.8 cm³/mol. The van der Waals surface area contributed by atoms with Gasteiger partial charge in [0, 0.05) is 0 Å². The molecule has 0 aromatic heterocycles. The molecule has 2 rings (SSSR count). The van der Waals surface area contributed by atoms with Crippen molar-refractivity contribution in [2.45, 2.75) is 45.4 Å². The van der Waals surface area contributed by atoms with Crippen molar-refractivity contribution in [2.75, 3.05) is 0 Å². The summed E-state index contributed by atoms with van der Waals surface area (Å²) in [4.78, 5) is 0. The van der Waals surface area contributed by atoms with E-state index in [1.807, 2.05) is 0 Å². The molecule has 2 aliphatic rings. The summed E-state index contributed by atoms with van der Waals surface area (Å²) in [6.07, 6.45) is 9.20. The molecule has 0 heteroatoms.